The van der Waals surface area contributed by atoms with Gasteiger partial charge < -0.3 is 10.8 Å². The number of nitrogens with zero attached hydrogens (tertiary/aromatic N) is 1. The predicted molar refractivity (Wildman–Crippen MR) is 166 cm³/mol. The summed E-state index contributed by atoms with van der Waals surface area (Å²) in [7, 11) is 0. The number of aliphatic carboxylic acids is 1. The minimum atomic E-state index is -0.642. The van der Waals surface area contributed by atoms with E-state index in [-0.39, 0.29) is 51.1 Å². The zero-order chi connectivity index (χ0) is 30.6. The summed E-state index contributed by atoms with van der Waals surface area (Å²) in [6.07, 6.45) is 7.24. The van der Waals surface area contributed by atoms with Gasteiger partial charge in [-0.25, -0.2) is 0 Å². The van der Waals surface area contributed by atoms with E-state index in [1.54, 1.807) is 0 Å². The van der Waals surface area contributed by atoms with Gasteiger partial charge in [0.25, 0.3) is 0 Å². The molecule has 6 rings (SSSR count). The maximum atomic E-state index is 13.5. The number of carboxylic acids is 1. The number of carbonyl (C=O) groups excluding carboxylic acids is 1. The van der Waals surface area contributed by atoms with E-state index in [0.29, 0.717) is 12.3 Å². The first-order valence-electron chi connectivity index (χ1n) is 16.3. The number of rotatable bonds is 2. The normalized spacial score (nSPS) is 43.7. The monoisotopic (exact) mass is 570 g/mol. The Morgan fingerprint density at radius 2 is 1.71 bits per heavy atom. The molecule has 0 aliphatic heterocycles. The van der Waals surface area contributed by atoms with Gasteiger partial charge >= 0.3 is 5.97 Å². The summed E-state index contributed by atoms with van der Waals surface area (Å²) in [5.74, 6) is -0.496. The van der Waals surface area contributed by atoms with E-state index < -0.39 is 17.3 Å². The van der Waals surface area contributed by atoms with Gasteiger partial charge in [-0.2, -0.15) is 5.26 Å². The quantitative estimate of drug-likeness (QED) is 0.349. The number of carboxylic acid groups (broad SMARTS) is 1. The number of anilines is 1. The number of nitrogen functional groups attached to an aromatic ring is 1. The molecule has 5 heteroatoms. The lowest BCUT2D eigenvalue weighted by atomic mass is 9.33. The highest BCUT2D eigenvalue weighted by molar-refractivity contribution is 5.90. The lowest BCUT2D eigenvalue weighted by Crippen LogP contribution is -2.65. The second-order valence-electron chi connectivity index (χ2n) is 16.9. The number of hydrogen-bond donors (Lipinski definition) is 2. The Balaban J connectivity index is 1.59. The molecule has 0 radical (unpaired) electrons. The number of carbonyl (C=O) groups is 2. The Labute approximate surface area is 252 Å². The third-order valence-electron chi connectivity index (χ3n) is 14.0. The second kappa shape index (κ2) is 9.20. The largest absolute Gasteiger partial charge is 0.481 e. The van der Waals surface area contributed by atoms with Crippen LogP contribution < -0.4 is 5.73 Å². The summed E-state index contributed by atoms with van der Waals surface area (Å²) in [4.78, 5) is 26.2. The van der Waals surface area contributed by atoms with Gasteiger partial charge in [0, 0.05) is 11.1 Å². The number of allylic oxidation sites excluding steroid dienone is 2. The van der Waals surface area contributed by atoms with E-state index in [0.717, 1.165) is 50.6 Å². The fourth-order valence-electron chi connectivity index (χ4n) is 12.1. The number of fused-ring (bicyclic) bond motifs is 7. The molecule has 0 bridgehead atoms. The average molecular weight is 571 g/mol. The summed E-state index contributed by atoms with van der Waals surface area (Å²) in [5, 5.41) is 20.6. The zero-order valence-electron chi connectivity index (χ0n) is 26.7. The van der Waals surface area contributed by atoms with E-state index in [2.05, 4.69) is 66.7 Å². The van der Waals surface area contributed by atoms with E-state index in [1.165, 1.54) is 16.7 Å². The number of nitriles is 1. The van der Waals surface area contributed by atoms with Crippen LogP contribution in [0.25, 0.3) is 5.57 Å². The van der Waals surface area contributed by atoms with Crippen LogP contribution in [0.2, 0.25) is 0 Å². The number of benzene rings is 1. The molecule has 5 nitrogen and oxygen atoms in total. The molecule has 0 saturated heterocycles. The molecule has 226 valence electrons. The zero-order valence-corrected chi connectivity index (χ0v) is 26.7. The molecular weight excluding hydrogens is 520 g/mol. The molecule has 0 spiro atoms. The van der Waals surface area contributed by atoms with Crippen LogP contribution in [0.3, 0.4) is 0 Å². The van der Waals surface area contributed by atoms with E-state index >= 15 is 0 Å². The van der Waals surface area contributed by atoms with Crippen molar-refractivity contribution in [2.24, 2.45) is 62.6 Å². The molecule has 1 aromatic rings. The molecule has 1 aromatic carbocycles. The Bertz CT molecular complexity index is 1420. The van der Waals surface area contributed by atoms with Gasteiger partial charge in [-0.3, -0.25) is 9.59 Å². The van der Waals surface area contributed by atoms with E-state index in [9.17, 15) is 20.0 Å². The Kier molecular flexibility index (Phi) is 6.45. The van der Waals surface area contributed by atoms with Gasteiger partial charge in [0.2, 0.25) is 0 Å². The summed E-state index contributed by atoms with van der Waals surface area (Å²) < 4.78 is 0. The van der Waals surface area contributed by atoms with Crippen molar-refractivity contribution in [1.82, 2.24) is 0 Å². The Morgan fingerprint density at radius 3 is 2.36 bits per heavy atom. The van der Waals surface area contributed by atoms with Crippen LogP contribution >= 0.6 is 0 Å². The van der Waals surface area contributed by atoms with Crippen LogP contribution in [-0.4, -0.2) is 16.9 Å². The van der Waals surface area contributed by atoms with Gasteiger partial charge in [0.05, 0.1) is 12.0 Å². The topological polar surface area (TPSA) is 104 Å². The first-order valence-corrected chi connectivity index (χ1v) is 16.3. The molecule has 0 heterocycles. The highest BCUT2D eigenvalue weighted by Crippen LogP contribution is 2.76. The fourth-order valence-corrected chi connectivity index (χ4v) is 12.1. The van der Waals surface area contributed by atoms with Crippen molar-refractivity contribution in [1.29, 1.82) is 5.26 Å². The van der Waals surface area contributed by atoms with Crippen LogP contribution in [0.15, 0.2) is 29.8 Å². The van der Waals surface area contributed by atoms with Gasteiger partial charge in [0.15, 0.2) is 5.78 Å². The number of ketones is 1. The average Bonchev–Trinajstić information content (AvgIpc) is 2.90. The SMILES string of the molecule is CC1(C)CC2C3=C(c4cccc(N)c4)CC4C5(C)CC(C#N)C(=O)C(C)(C)C5CCC4(C)C3(C)CCC2[C@H](C(=O)O)C1. The maximum Gasteiger partial charge on any atom is 0.306 e. The molecule has 5 aliphatic rings. The maximum absolute atomic E-state index is 13.5. The molecule has 9 atom stereocenters. The van der Waals surface area contributed by atoms with Gasteiger partial charge in [0.1, 0.15) is 5.92 Å². The standard InChI is InChI=1S/C37H50N2O3/c1-33(2)18-26-24(27(19-33)32(41)42)11-13-37(7)30(26)25(21-9-8-10-23(39)15-21)16-29-35(5)17-22(20-38)31(40)34(3,4)28(35)12-14-36(29,37)6/h8-10,15,22,24,26-29H,11-14,16-19,39H2,1-7H3,(H,41,42)/t22?,24?,26?,27-,28?,29?,35?,36?,37?/m1/s1. The molecule has 8 unspecified atom stereocenters. The molecular formula is C37H50N2O3. The van der Waals surface area contributed by atoms with Crippen LogP contribution in [0.4, 0.5) is 5.69 Å². The molecule has 3 N–H and O–H groups in total. The summed E-state index contributed by atoms with van der Waals surface area (Å²) >= 11 is 0. The highest BCUT2D eigenvalue weighted by atomic mass is 16.4. The van der Waals surface area contributed by atoms with E-state index in [4.69, 9.17) is 5.73 Å². The Morgan fingerprint density at radius 1 is 1.00 bits per heavy atom. The van der Waals surface area contributed by atoms with Crippen molar-refractivity contribution in [3.8, 4) is 6.07 Å². The van der Waals surface area contributed by atoms with Crippen molar-refractivity contribution >= 4 is 23.0 Å². The summed E-state index contributed by atoms with van der Waals surface area (Å²) in [5.41, 5.74) is 10.3. The predicted octanol–water partition coefficient (Wildman–Crippen LogP) is 8.16. The third-order valence-corrected chi connectivity index (χ3v) is 14.0. The first kappa shape index (κ1) is 29.5. The first-order chi connectivity index (χ1) is 19.5. The van der Waals surface area contributed by atoms with Crippen molar-refractivity contribution in [3.05, 3.63) is 35.4 Å². The molecule has 42 heavy (non-hydrogen) atoms. The van der Waals surface area contributed by atoms with Gasteiger partial charge in [-0.05, 0) is 120 Å². The van der Waals surface area contributed by atoms with Crippen molar-refractivity contribution in [2.45, 2.75) is 99.8 Å². The van der Waals surface area contributed by atoms with Crippen LogP contribution in [0.5, 0.6) is 0 Å². The Hall–Kier alpha value is -2.61. The van der Waals surface area contributed by atoms with Gasteiger partial charge in [-0.1, -0.05) is 66.2 Å². The number of hydrogen-bond acceptors (Lipinski definition) is 4. The van der Waals surface area contributed by atoms with Crippen LogP contribution in [0.1, 0.15) is 105 Å². The van der Waals surface area contributed by atoms with Crippen LogP contribution in [-0.2, 0) is 9.59 Å². The third kappa shape index (κ3) is 3.85. The summed E-state index contributed by atoms with van der Waals surface area (Å²) in [6, 6.07) is 10.7. The van der Waals surface area contributed by atoms with Crippen LogP contribution in [0, 0.1) is 73.9 Å². The number of nitrogens with two attached hydrogens (primary N) is 1. The molecule has 0 amide bonds. The molecule has 4 saturated carbocycles. The lowest BCUT2D eigenvalue weighted by molar-refractivity contribution is -0.186. The lowest BCUT2D eigenvalue weighted by Gasteiger charge is -2.71. The molecule has 5 aliphatic carbocycles. The van der Waals surface area contributed by atoms with Crippen molar-refractivity contribution in [2.75, 3.05) is 5.73 Å². The molecule has 0 aromatic heterocycles. The fraction of sp³-hybridized carbons (Fsp3) is 0.703. The summed E-state index contributed by atoms with van der Waals surface area (Å²) in [6.45, 7) is 16.1. The molecule has 4 fully saturated rings. The smallest absolute Gasteiger partial charge is 0.306 e. The minimum absolute atomic E-state index is 0.0147. The highest BCUT2D eigenvalue weighted by Gasteiger charge is 2.69. The van der Waals surface area contributed by atoms with E-state index in [1.807, 2.05) is 12.1 Å². The van der Waals surface area contributed by atoms with Gasteiger partial charge in [-0.15, -0.1) is 0 Å². The number of Topliss-reactive ketones (excluding diaryl/α,β-unsaturated/α-hetero) is 1. The van der Waals surface area contributed by atoms with Crippen molar-refractivity contribution < 1.29 is 14.7 Å². The second-order valence-corrected chi connectivity index (χ2v) is 16.9. The minimum Gasteiger partial charge on any atom is -0.481 e. The van der Waals surface area contributed by atoms with Crippen molar-refractivity contribution in [3.63, 3.8) is 0 Å².